The molecule has 22 heavy (non-hydrogen) atoms. The van der Waals surface area contributed by atoms with Crippen molar-refractivity contribution in [3.63, 3.8) is 0 Å². The quantitative estimate of drug-likeness (QED) is 0.633. The summed E-state index contributed by atoms with van der Waals surface area (Å²) < 4.78 is 0. The van der Waals surface area contributed by atoms with Crippen LogP contribution in [-0.4, -0.2) is 0 Å². The number of rotatable bonds is 2. The molecule has 0 bridgehead atoms. The van der Waals surface area contributed by atoms with Crippen molar-refractivity contribution < 1.29 is 0 Å². The molecule has 0 nitrogen and oxygen atoms in total. The van der Waals surface area contributed by atoms with E-state index in [1.54, 1.807) is 0 Å². The number of hydrogen-bond acceptors (Lipinski definition) is 0. The first kappa shape index (κ1) is 13.6. The van der Waals surface area contributed by atoms with E-state index in [0.29, 0.717) is 17.8 Å². The summed E-state index contributed by atoms with van der Waals surface area (Å²) >= 11 is 0. The molecule has 0 heteroatoms. The normalized spacial score (nSPS) is 23.7. The van der Waals surface area contributed by atoms with Crippen LogP contribution in [0.4, 0.5) is 0 Å². The maximum absolute atomic E-state index is 2.45. The monoisotopic (exact) mass is 286 g/mol. The SMILES string of the molecule is CC(C1CC=Cc2ccccc21)C1CC=Cc2ccccc21. The molecule has 2 aliphatic rings. The Kier molecular flexibility index (Phi) is 3.46. The van der Waals surface area contributed by atoms with Crippen molar-refractivity contribution in [2.75, 3.05) is 0 Å². The zero-order valence-corrected chi connectivity index (χ0v) is 13.1. The van der Waals surface area contributed by atoms with Gasteiger partial charge in [0.25, 0.3) is 0 Å². The third kappa shape index (κ3) is 2.23. The van der Waals surface area contributed by atoms with Crippen LogP contribution < -0.4 is 0 Å². The van der Waals surface area contributed by atoms with Gasteiger partial charge in [0.1, 0.15) is 0 Å². The van der Waals surface area contributed by atoms with Crippen molar-refractivity contribution in [3.8, 4) is 0 Å². The molecule has 2 aromatic carbocycles. The first-order chi connectivity index (χ1) is 10.8. The molecule has 0 aromatic heterocycles. The summed E-state index contributed by atoms with van der Waals surface area (Å²) in [5.74, 6) is 1.91. The fraction of sp³-hybridized carbons (Fsp3) is 0.273. The fourth-order valence-corrected chi connectivity index (χ4v) is 4.21. The van der Waals surface area contributed by atoms with E-state index in [1.165, 1.54) is 35.1 Å². The molecule has 4 rings (SSSR count). The van der Waals surface area contributed by atoms with Crippen LogP contribution in [0.25, 0.3) is 12.2 Å². The van der Waals surface area contributed by atoms with Gasteiger partial charge in [-0.05, 0) is 52.8 Å². The average Bonchev–Trinajstić information content (AvgIpc) is 2.60. The molecule has 2 aromatic rings. The van der Waals surface area contributed by atoms with E-state index in [0.717, 1.165) is 0 Å². The van der Waals surface area contributed by atoms with Crippen LogP contribution in [0.3, 0.4) is 0 Å². The molecule has 0 amide bonds. The Morgan fingerprint density at radius 3 is 1.68 bits per heavy atom. The van der Waals surface area contributed by atoms with Crippen LogP contribution in [0.2, 0.25) is 0 Å². The number of allylic oxidation sites excluding steroid dienone is 2. The Bertz CT molecular complexity index is 672. The van der Waals surface area contributed by atoms with Crippen LogP contribution in [0, 0.1) is 5.92 Å². The highest BCUT2D eigenvalue weighted by molar-refractivity contribution is 5.60. The number of fused-ring (bicyclic) bond motifs is 2. The van der Waals surface area contributed by atoms with Crippen molar-refractivity contribution in [1.82, 2.24) is 0 Å². The highest BCUT2D eigenvalue weighted by atomic mass is 14.3. The van der Waals surface area contributed by atoms with Crippen molar-refractivity contribution in [1.29, 1.82) is 0 Å². The van der Waals surface area contributed by atoms with E-state index in [1.807, 2.05) is 0 Å². The predicted octanol–water partition coefficient (Wildman–Crippen LogP) is 6.02. The molecule has 0 radical (unpaired) electrons. The smallest absolute Gasteiger partial charge is 0.00897 e. The Labute approximate surface area is 133 Å². The first-order valence-corrected chi connectivity index (χ1v) is 8.35. The molecule has 2 atom stereocenters. The zero-order chi connectivity index (χ0) is 14.9. The van der Waals surface area contributed by atoms with Gasteiger partial charge in [-0.15, -0.1) is 0 Å². The van der Waals surface area contributed by atoms with E-state index < -0.39 is 0 Å². The van der Waals surface area contributed by atoms with E-state index >= 15 is 0 Å². The summed E-state index contributed by atoms with van der Waals surface area (Å²) in [5.41, 5.74) is 5.88. The van der Waals surface area contributed by atoms with E-state index in [2.05, 4.69) is 79.8 Å². The molecule has 2 aliphatic carbocycles. The summed E-state index contributed by atoms with van der Waals surface area (Å²) in [6, 6.07) is 17.8. The van der Waals surface area contributed by atoms with Gasteiger partial charge in [0.05, 0.1) is 0 Å². The van der Waals surface area contributed by atoms with Crippen LogP contribution in [-0.2, 0) is 0 Å². The van der Waals surface area contributed by atoms with E-state index in [9.17, 15) is 0 Å². The highest BCUT2D eigenvalue weighted by Crippen LogP contribution is 2.45. The zero-order valence-electron chi connectivity index (χ0n) is 13.1. The second-order valence-corrected chi connectivity index (χ2v) is 6.61. The molecule has 0 saturated heterocycles. The molecule has 0 fully saturated rings. The van der Waals surface area contributed by atoms with Crippen LogP contribution in [0.15, 0.2) is 60.7 Å². The van der Waals surface area contributed by atoms with Crippen LogP contribution in [0.1, 0.15) is 53.9 Å². The third-order valence-electron chi connectivity index (χ3n) is 5.44. The van der Waals surface area contributed by atoms with Gasteiger partial charge in [-0.25, -0.2) is 0 Å². The standard InChI is InChI=1S/C22H22/c1-16(19-14-6-10-17-8-2-4-12-21(17)19)20-15-7-11-18-9-3-5-13-22(18)20/h2-13,16,19-20H,14-15H2,1H3. The molecule has 0 aliphatic heterocycles. The molecule has 0 saturated carbocycles. The number of hydrogen-bond donors (Lipinski definition) is 0. The van der Waals surface area contributed by atoms with Gasteiger partial charge in [-0.1, -0.05) is 79.8 Å². The summed E-state index contributed by atoms with van der Waals surface area (Å²) in [7, 11) is 0. The molecule has 110 valence electrons. The summed E-state index contributed by atoms with van der Waals surface area (Å²) in [6.07, 6.45) is 11.6. The van der Waals surface area contributed by atoms with Gasteiger partial charge < -0.3 is 0 Å². The topological polar surface area (TPSA) is 0 Å². The van der Waals surface area contributed by atoms with Crippen LogP contribution >= 0.6 is 0 Å². The van der Waals surface area contributed by atoms with Crippen LogP contribution in [0.5, 0.6) is 0 Å². The van der Waals surface area contributed by atoms with Crippen molar-refractivity contribution in [2.24, 2.45) is 5.92 Å². The van der Waals surface area contributed by atoms with Gasteiger partial charge >= 0.3 is 0 Å². The maximum Gasteiger partial charge on any atom is -0.00897 e. The molecular formula is C22H22. The predicted molar refractivity (Wildman–Crippen MR) is 94.8 cm³/mol. The number of benzene rings is 2. The Morgan fingerprint density at radius 2 is 1.18 bits per heavy atom. The summed E-state index contributed by atoms with van der Waals surface area (Å²) in [4.78, 5) is 0. The van der Waals surface area contributed by atoms with Crippen molar-refractivity contribution in [2.45, 2.75) is 31.6 Å². The third-order valence-corrected chi connectivity index (χ3v) is 5.44. The molecule has 0 N–H and O–H groups in total. The largest absolute Gasteiger partial charge is 0.0833 e. The van der Waals surface area contributed by atoms with E-state index in [-0.39, 0.29) is 0 Å². The van der Waals surface area contributed by atoms with Gasteiger partial charge in [0.2, 0.25) is 0 Å². The second-order valence-electron chi connectivity index (χ2n) is 6.61. The van der Waals surface area contributed by atoms with Gasteiger partial charge in [0, 0.05) is 0 Å². The molecule has 0 spiro atoms. The van der Waals surface area contributed by atoms with E-state index in [4.69, 9.17) is 0 Å². The summed E-state index contributed by atoms with van der Waals surface area (Å²) in [6.45, 7) is 2.45. The first-order valence-electron chi connectivity index (χ1n) is 8.35. The Balaban J connectivity index is 1.70. The molecule has 2 unspecified atom stereocenters. The fourth-order valence-electron chi connectivity index (χ4n) is 4.21. The lowest BCUT2D eigenvalue weighted by molar-refractivity contribution is 0.377. The van der Waals surface area contributed by atoms with Crippen molar-refractivity contribution >= 4 is 12.2 Å². The Morgan fingerprint density at radius 1 is 0.727 bits per heavy atom. The maximum atomic E-state index is 2.45. The Hall–Kier alpha value is -2.08. The molecule has 0 heterocycles. The lowest BCUT2D eigenvalue weighted by Gasteiger charge is -2.35. The minimum atomic E-state index is 0.630. The van der Waals surface area contributed by atoms with Gasteiger partial charge in [-0.3, -0.25) is 0 Å². The highest BCUT2D eigenvalue weighted by Gasteiger charge is 2.30. The molecular weight excluding hydrogens is 264 g/mol. The van der Waals surface area contributed by atoms with Gasteiger partial charge in [-0.2, -0.15) is 0 Å². The summed E-state index contributed by atoms with van der Waals surface area (Å²) in [5, 5.41) is 0. The minimum Gasteiger partial charge on any atom is -0.0833 e. The minimum absolute atomic E-state index is 0.630. The average molecular weight is 286 g/mol. The van der Waals surface area contributed by atoms with Gasteiger partial charge in [0.15, 0.2) is 0 Å². The lowest BCUT2D eigenvalue weighted by atomic mass is 9.69. The van der Waals surface area contributed by atoms with Crippen molar-refractivity contribution in [3.05, 3.63) is 82.9 Å². The lowest BCUT2D eigenvalue weighted by Crippen LogP contribution is -2.21. The second kappa shape index (κ2) is 5.61.